The van der Waals surface area contributed by atoms with E-state index in [1.54, 1.807) is 42.6 Å². The number of aromatic nitrogens is 1. The fourth-order valence-electron chi connectivity index (χ4n) is 2.37. The minimum absolute atomic E-state index is 0.298. The van der Waals surface area contributed by atoms with Crippen LogP contribution in [-0.2, 0) is 0 Å². The second kappa shape index (κ2) is 8.36. The van der Waals surface area contributed by atoms with Crippen LogP contribution in [0.5, 0.6) is 5.75 Å². The molecule has 26 heavy (non-hydrogen) atoms. The van der Waals surface area contributed by atoms with Crippen LogP contribution in [0.2, 0.25) is 5.02 Å². The zero-order valence-electron chi connectivity index (χ0n) is 14.2. The molecular formula is C20H18ClN3O2. The number of carbonyl (C=O) groups excluding carboxylic acids is 1. The summed E-state index contributed by atoms with van der Waals surface area (Å²) in [5.41, 5.74) is 2.54. The number of benzene rings is 2. The first-order valence-electron chi connectivity index (χ1n) is 8.17. The maximum absolute atomic E-state index is 12.3. The Hall–Kier alpha value is -3.05. The monoisotopic (exact) mass is 367 g/mol. The van der Waals surface area contributed by atoms with Gasteiger partial charge in [-0.05, 0) is 49.4 Å². The Morgan fingerprint density at radius 2 is 1.92 bits per heavy atom. The minimum atomic E-state index is -0.298. The molecule has 0 aliphatic heterocycles. The topological polar surface area (TPSA) is 63.2 Å². The lowest BCUT2D eigenvalue weighted by molar-refractivity contribution is 0.102. The van der Waals surface area contributed by atoms with E-state index in [2.05, 4.69) is 15.6 Å². The molecule has 2 aromatic carbocycles. The van der Waals surface area contributed by atoms with Crippen molar-refractivity contribution in [1.29, 1.82) is 0 Å². The van der Waals surface area contributed by atoms with E-state index >= 15 is 0 Å². The highest BCUT2D eigenvalue weighted by molar-refractivity contribution is 6.30. The van der Waals surface area contributed by atoms with E-state index in [1.165, 1.54) is 0 Å². The largest absolute Gasteiger partial charge is 0.492 e. The third-order valence-corrected chi connectivity index (χ3v) is 3.78. The molecule has 1 amide bonds. The lowest BCUT2D eigenvalue weighted by atomic mass is 10.2. The third-order valence-electron chi connectivity index (χ3n) is 3.54. The Morgan fingerprint density at radius 3 is 2.65 bits per heavy atom. The quantitative estimate of drug-likeness (QED) is 0.634. The van der Waals surface area contributed by atoms with Crippen LogP contribution in [0, 0.1) is 0 Å². The summed E-state index contributed by atoms with van der Waals surface area (Å²) in [6.07, 6.45) is 1.61. The number of hydrogen-bond donors (Lipinski definition) is 2. The number of amides is 1. The molecule has 0 unspecified atom stereocenters. The van der Waals surface area contributed by atoms with Gasteiger partial charge in [0.15, 0.2) is 0 Å². The van der Waals surface area contributed by atoms with Gasteiger partial charge in [-0.25, -0.2) is 4.98 Å². The summed E-state index contributed by atoms with van der Waals surface area (Å²) in [6, 6.07) is 18.1. The summed E-state index contributed by atoms with van der Waals surface area (Å²) >= 11 is 5.92. The second-order valence-corrected chi connectivity index (χ2v) is 5.89. The number of ether oxygens (including phenoxy) is 1. The molecule has 0 aliphatic rings. The number of hydrogen-bond acceptors (Lipinski definition) is 4. The molecule has 1 heterocycles. The Kier molecular flexibility index (Phi) is 5.71. The summed E-state index contributed by atoms with van der Waals surface area (Å²) in [7, 11) is 0. The van der Waals surface area contributed by atoms with Crippen molar-refractivity contribution in [3.05, 3.63) is 77.6 Å². The standard InChI is InChI=1S/C20H18ClN3O2/c1-2-26-19-9-4-3-8-17(19)23-16-10-11-18(22-13-16)20(25)24-15-7-5-6-14(21)12-15/h3-13,23H,2H2,1H3,(H,24,25). The van der Waals surface area contributed by atoms with Crippen LogP contribution in [0.3, 0.4) is 0 Å². The molecule has 0 saturated heterocycles. The Morgan fingerprint density at radius 1 is 1.08 bits per heavy atom. The highest BCUT2D eigenvalue weighted by Gasteiger charge is 2.09. The molecule has 0 saturated carbocycles. The predicted molar refractivity (Wildman–Crippen MR) is 105 cm³/mol. The van der Waals surface area contributed by atoms with Crippen LogP contribution in [0.1, 0.15) is 17.4 Å². The lowest BCUT2D eigenvalue weighted by Gasteiger charge is -2.12. The summed E-state index contributed by atoms with van der Waals surface area (Å²) in [5, 5.41) is 6.57. The van der Waals surface area contributed by atoms with Gasteiger partial charge in [-0.1, -0.05) is 29.8 Å². The SMILES string of the molecule is CCOc1ccccc1Nc1ccc(C(=O)Nc2cccc(Cl)c2)nc1. The summed E-state index contributed by atoms with van der Waals surface area (Å²) in [5.74, 6) is 0.464. The molecule has 132 valence electrons. The van der Waals surface area contributed by atoms with Gasteiger partial charge in [-0.15, -0.1) is 0 Å². The van der Waals surface area contributed by atoms with E-state index in [-0.39, 0.29) is 5.91 Å². The van der Waals surface area contributed by atoms with Crippen molar-refractivity contribution in [3.63, 3.8) is 0 Å². The van der Waals surface area contributed by atoms with Gasteiger partial charge in [0.2, 0.25) is 0 Å². The molecule has 0 spiro atoms. The number of anilines is 3. The van der Waals surface area contributed by atoms with Crippen LogP contribution in [0.15, 0.2) is 66.9 Å². The first-order valence-corrected chi connectivity index (χ1v) is 8.55. The normalized spacial score (nSPS) is 10.2. The van der Waals surface area contributed by atoms with Gasteiger partial charge in [-0.3, -0.25) is 4.79 Å². The van der Waals surface area contributed by atoms with E-state index in [9.17, 15) is 4.79 Å². The van der Waals surface area contributed by atoms with Crippen molar-refractivity contribution in [2.45, 2.75) is 6.92 Å². The first-order chi connectivity index (χ1) is 12.7. The highest BCUT2D eigenvalue weighted by atomic mass is 35.5. The van der Waals surface area contributed by atoms with Crippen molar-refractivity contribution in [3.8, 4) is 5.75 Å². The Bertz CT molecular complexity index is 898. The molecule has 0 fully saturated rings. The van der Waals surface area contributed by atoms with Crippen LogP contribution < -0.4 is 15.4 Å². The van der Waals surface area contributed by atoms with Crippen molar-refractivity contribution in [2.75, 3.05) is 17.2 Å². The zero-order valence-corrected chi connectivity index (χ0v) is 15.0. The molecule has 2 N–H and O–H groups in total. The van der Waals surface area contributed by atoms with Crippen LogP contribution in [0.25, 0.3) is 0 Å². The maximum Gasteiger partial charge on any atom is 0.274 e. The van der Waals surface area contributed by atoms with Crippen molar-refractivity contribution in [2.24, 2.45) is 0 Å². The number of rotatable bonds is 6. The molecular weight excluding hydrogens is 350 g/mol. The van der Waals surface area contributed by atoms with Crippen LogP contribution >= 0.6 is 11.6 Å². The molecule has 0 bridgehead atoms. The van der Waals surface area contributed by atoms with Gasteiger partial charge in [0, 0.05) is 10.7 Å². The molecule has 0 atom stereocenters. The molecule has 0 radical (unpaired) electrons. The average molecular weight is 368 g/mol. The van der Waals surface area contributed by atoms with E-state index in [1.807, 2.05) is 31.2 Å². The number of halogens is 1. The van der Waals surface area contributed by atoms with Gasteiger partial charge < -0.3 is 15.4 Å². The third kappa shape index (κ3) is 4.52. The number of pyridine rings is 1. The predicted octanol–water partition coefficient (Wildman–Crippen LogP) is 5.13. The van der Waals surface area contributed by atoms with E-state index in [0.717, 1.165) is 17.1 Å². The number of nitrogens with one attached hydrogen (secondary N) is 2. The lowest BCUT2D eigenvalue weighted by Crippen LogP contribution is -2.13. The Labute approximate surface area is 157 Å². The van der Waals surface area contributed by atoms with Crippen molar-refractivity contribution in [1.82, 2.24) is 4.98 Å². The molecule has 1 aromatic heterocycles. The number of carbonyl (C=O) groups is 1. The maximum atomic E-state index is 12.3. The molecule has 6 heteroatoms. The van der Waals surface area contributed by atoms with Gasteiger partial charge in [-0.2, -0.15) is 0 Å². The van der Waals surface area contributed by atoms with Crippen LogP contribution in [0.4, 0.5) is 17.1 Å². The van der Waals surface area contributed by atoms with Crippen LogP contribution in [-0.4, -0.2) is 17.5 Å². The number of para-hydroxylation sites is 2. The second-order valence-electron chi connectivity index (χ2n) is 5.45. The molecule has 3 aromatic rings. The van der Waals surface area contributed by atoms with E-state index in [4.69, 9.17) is 16.3 Å². The Balaban J connectivity index is 1.69. The van der Waals surface area contributed by atoms with Gasteiger partial charge in [0.05, 0.1) is 24.2 Å². The summed E-state index contributed by atoms with van der Waals surface area (Å²) < 4.78 is 5.59. The smallest absolute Gasteiger partial charge is 0.274 e. The van der Waals surface area contributed by atoms with Gasteiger partial charge in [0.1, 0.15) is 11.4 Å². The fraction of sp³-hybridized carbons (Fsp3) is 0.100. The average Bonchev–Trinajstić information content (AvgIpc) is 2.64. The minimum Gasteiger partial charge on any atom is -0.492 e. The number of nitrogens with zero attached hydrogens (tertiary/aromatic N) is 1. The zero-order chi connectivity index (χ0) is 18.4. The molecule has 5 nitrogen and oxygen atoms in total. The highest BCUT2D eigenvalue weighted by Crippen LogP contribution is 2.27. The van der Waals surface area contributed by atoms with E-state index in [0.29, 0.717) is 23.0 Å². The fourth-order valence-corrected chi connectivity index (χ4v) is 2.56. The summed E-state index contributed by atoms with van der Waals surface area (Å²) in [6.45, 7) is 2.52. The molecule has 0 aliphatic carbocycles. The van der Waals surface area contributed by atoms with Crippen molar-refractivity contribution >= 4 is 34.6 Å². The van der Waals surface area contributed by atoms with E-state index < -0.39 is 0 Å². The molecule has 3 rings (SSSR count). The summed E-state index contributed by atoms with van der Waals surface area (Å²) in [4.78, 5) is 16.5. The van der Waals surface area contributed by atoms with Crippen molar-refractivity contribution < 1.29 is 9.53 Å². The first kappa shape index (κ1) is 17.8. The van der Waals surface area contributed by atoms with Gasteiger partial charge in [0.25, 0.3) is 5.91 Å². The van der Waals surface area contributed by atoms with Gasteiger partial charge >= 0.3 is 0 Å².